The van der Waals surface area contributed by atoms with Gasteiger partial charge < -0.3 is 0 Å². The first-order valence-electron chi connectivity index (χ1n) is 9.04. The molecule has 0 saturated carbocycles. The summed E-state index contributed by atoms with van der Waals surface area (Å²) in [5, 5.41) is 18.7. The lowest BCUT2D eigenvalue weighted by Crippen LogP contribution is -2.20. The number of benzene rings is 2. The summed E-state index contributed by atoms with van der Waals surface area (Å²) in [4.78, 5) is 0. The van der Waals surface area contributed by atoms with Gasteiger partial charge in [-0.1, -0.05) is 64.8 Å². The second-order valence-electron chi connectivity index (χ2n) is 7.09. The Hall–Kier alpha value is -2.58. The van der Waals surface area contributed by atoms with Gasteiger partial charge in [-0.25, -0.2) is 0 Å². The zero-order chi connectivity index (χ0) is 18.4. The molecular weight excluding hydrogens is 304 g/mol. The fourth-order valence-corrected chi connectivity index (χ4v) is 3.30. The van der Waals surface area contributed by atoms with Crippen LogP contribution in [0.2, 0.25) is 0 Å². The van der Waals surface area contributed by atoms with E-state index in [2.05, 4.69) is 64.1 Å². The standard InChI is InChI=1S/C23H26N2/c1-5-7-17-13-21(11-9-19(17)15-24)23(3,4)22-12-10-20(16-25)18(14-22)8-6-2/h9-14H,5-8H2,1-4H3. The van der Waals surface area contributed by atoms with Crippen LogP contribution in [-0.2, 0) is 18.3 Å². The Kier molecular flexibility index (Phi) is 6.00. The lowest BCUT2D eigenvalue weighted by Gasteiger charge is -2.28. The number of hydrogen-bond acceptors (Lipinski definition) is 2. The van der Waals surface area contributed by atoms with Gasteiger partial charge in [-0.05, 0) is 47.2 Å². The number of nitriles is 2. The molecule has 2 aromatic carbocycles. The number of nitrogens with zero attached hydrogens (tertiary/aromatic N) is 2. The first-order chi connectivity index (χ1) is 12.0. The summed E-state index contributed by atoms with van der Waals surface area (Å²) < 4.78 is 0. The summed E-state index contributed by atoms with van der Waals surface area (Å²) in [6.07, 6.45) is 3.88. The van der Waals surface area contributed by atoms with Gasteiger partial charge in [-0.2, -0.15) is 10.5 Å². The average molecular weight is 330 g/mol. The molecular formula is C23H26N2. The zero-order valence-electron chi connectivity index (χ0n) is 15.7. The third kappa shape index (κ3) is 3.92. The van der Waals surface area contributed by atoms with Crippen LogP contribution in [0.5, 0.6) is 0 Å². The molecule has 0 aliphatic heterocycles. The molecule has 0 saturated heterocycles. The molecule has 128 valence electrons. The molecule has 0 radical (unpaired) electrons. The van der Waals surface area contributed by atoms with Crippen LogP contribution in [0.25, 0.3) is 0 Å². The SMILES string of the molecule is CCCc1cc(C(C)(C)c2ccc(C#N)c(CCC)c2)ccc1C#N. The van der Waals surface area contributed by atoms with Gasteiger partial charge in [-0.15, -0.1) is 0 Å². The molecule has 0 spiro atoms. The van der Waals surface area contributed by atoms with Crippen molar-refractivity contribution in [3.8, 4) is 12.1 Å². The minimum atomic E-state index is -0.174. The third-order valence-electron chi connectivity index (χ3n) is 4.93. The Morgan fingerprint density at radius 2 is 1.16 bits per heavy atom. The fraction of sp³-hybridized carbons (Fsp3) is 0.391. The van der Waals surface area contributed by atoms with Gasteiger partial charge in [0.2, 0.25) is 0 Å². The molecule has 0 atom stereocenters. The maximum absolute atomic E-state index is 9.33. The molecule has 0 bridgehead atoms. The van der Waals surface area contributed by atoms with E-state index >= 15 is 0 Å². The minimum absolute atomic E-state index is 0.174. The maximum atomic E-state index is 9.33. The van der Waals surface area contributed by atoms with Crippen LogP contribution in [0.1, 0.15) is 73.9 Å². The van der Waals surface area contributed by atoms with Crippen molar-refractivity contribution in [3.63, 3.8) is 0 Å². The predicted molar refractivity (Wildman–Crippen MR) is 102 cm³/mol. The number of rotatable bonds is 6. The molecule has 0 N–H and O–H groups in total. The van der Waals surface area contributed by atoms with Gasteiger partial charge >= 0.3 is 0 Å². The largest absolute Gasteiger partial charge is 0.192 e. The molecule has 2 aromatic rings. The van der Waals surface area contributed by atoms with E-state index in [1.54, 1.807) is 0 Å². The van der Waals surface area contributed by atoms with E-state index in [4.69, 9.17) is 0 Å². The van der Waals surface area contributed by atoms with Gasteiger partial charge in [-0.3, -0.25) is 0 Å². The summed E-state index contributed by atoms with van der Waals surface area (Å²) >= 11 is 0. The molecule has 2 heteroatoms. The molecule has 0 heterocycles. The van der Waals surface area contributed by atoms with Gasteiger partial charge in [0.25, 0.3) is 0 Å². The highest BCUT2D eigenvalue weighted by Gasteiger charge is 2.25. The van der Waals surface area contributed by atoms with Gasteiger partial charge in [0.1, 0.15) is 0 Å². The molecule has 0 fully saturated rings. The summed E-state index contributed by atoms with van der Waals surface area (Å²) in [6.45, 7) is 8.69. The topological polar surface area (TPSA) is 47.6 Å². The molecule has 0 unspecified atom stereocenters. The predicted octanol–water partition coefficient (Wildman–Crippen LogP) is 5.66. The monoisotopic (exact) mass is 330 g/mol. The molecule has 0 aliphatic carbocycles. The zero-order valence-corrected chi connectivity index (χ0v) is 15.7. The van der Waals surface area contributed by atoms with Crippen LogP contribution in [0.3, 0.4) is 0 Å². The highest BCUT2D eigenvalue weighted by atomic mass is 14.3. The van der Waals surface area contributed by atoms with Crippen molar-refractivity contribution >= 4 is 0 Å². The van der Waals surface area contributed by atoms with Crippen LogP contribution in [0.4, 0.5) is 0 Å². The van der Waals surface area contributed by atoms with E-state index in [0.717, 1.165) is 47.9 Å². The van der Waals surface area contributed by atoms with E-state index in [1.165, 1.54) is 11.1 Å². The average Bonchev–Trinajstić information content (AvgIpc) is 2.62. The smallest absolute Gasteiger partial charge is 0.0994 e. The number of hydrogen-bond donors (Lipinski definition) is 0. The van der Waals surface area contributed by atoms with E-state index in [1.807, 2.05) is 12.1 Å². The van der Waals surface area contributed by atoms with E-state index < -0.39 is 0 Å². The second-order valence-corrected chi connectivity index (χ2v) is 7.09. The Balaban J connectivity index is 2.51. The molecule has 2 nitrogen and oxygen atoms in total. The lowest BCUT2D eigenvalue weighted by molar-refractivity contribution is 0.637. The highest BCUT2D eigenvalue weighted by Crippen LogP contribution is 2.34. The number of aryl methyl sites for hydroxylation is 2. The Morgan fingerprint density at radius 1 is 0.760 bits per heavy atom. The molecule has 0 amide bonds. The summed E-state index contributed by atoms with van der Waals surface area (Å²) in [5.74, 6) is 0. The van der Waals surface area contributed by atoms with Crippen molar-refractivity contribution in [2.75, 3.05) is 0 Å². The van der Waals surface area contributed by atoms with Crippen LogP contribution in [-0.4, -0.2) is 0 Å². The second kappa shape index (κ2) is 8.00. The summed E-state index contributed by atoms with van der Waals surface area (Å²) in [5.41, 5.74) is 6.04. The van der Waals surface area contributed by atoms with Gasteiger partial charge in [0, 0.05) is 5.41 Å². The van der Waals surface area contributed by atoms with Crippen molar-refractivity contribution < 1.29 is 0 Å². The van der Waals surface area contributed by atoms with Crippen molar-refractivity contribution in [2.45, 2.75) is 58.8 Å². The lowest BCUT2D eigenvalue weighted by atomic mass is 9.76. The first kappa shape index (κ1) is 18.8. The van der Waals surface area contributed by atoms with E-state index in [0.29, 0.717) is 0 Å². The maximum Gasteiger partial charge on any atom is 0.0994 e. The third-order valence-corrected chi connectivity index (χ3v) is 4.93. The van der Waals surface area contributed by atoms with Gasteiger partial charge in [0.15, 0.2) is 0 Å². The Morgan fingerprint density at radius 3 is 1.48 bits per heavy atom. The highest BCUT2D eigenvalue weighted by molar-refractivity contribution is 5.49. The molecule has 0 aromatic heterocycles. The minimum Gasteiger partial charge on any atom is -0.192 e. The summed E-state index contributed by atoms with van der Waals surface area (Å²) in [7, 11) is 0. The van der Waals surface area contributed by atoms with Crippen LogP contribution in [0.15, 0.2) is 36.4 Å². The molecule has 2 rings (SSSR count). The molecule has 0 aliphatic rings. The quantitative estimate of drug-likeness (QED) is 0.686. The van der Waals surface area contributed by atoms with Crippen LogP contribution in [0, 0.1) is 22.7 Å². The van der Waals surface area contributed by atoms with Crippen molar-refractivity contribution in [1.29, 1.82) is 10.5 Å². The van der Waals surface area contributed by atoms with E-state index in [-0.39, 0.29) is 5.41 Å². The van der Waals surface area contributed by atoms with E-state index in [9.17, 15) is 10.5 Å². The first-order valence-corrected chi connectivity index (χ1v) is 9.04. The van der Waals surface area contributed by atoms with Crippen molar-refractivity contribution in [3.05, 3.63) is 69.8 Å². The van der Waals surface area contributed by atoms with Gasteiger partial charge in [0.05, 0.1) is 23.3 Å². The Bertz CT molecular complexity index is 763. The Labute approximate surface area is 151 Å². The normalized spacial score (nSPS) is 11.0. The van der Waals surface area contributed by atoms with Crippen molar-refractivity contribution in [2.24, 2.45) is 0 Å². The molecule has 25 heavy (non-hydrogen) atoms. The van der Waals surface area contributed by atoms with Crippen molar-refractivity contribution in [1.82, 2.24) is 0 Å². The fourth-order valence-electron chi connectivity index (χ4n) is 3.30. The van der Waals surface area contributed by atoms with Crippen LogP contribution >= 0.6 is 0 Å². The van der Waals surface area contributed by atoms with Crippen LogP contribution < -0.4 is 0 Å². The summed E-state index contributed by atoms with van der Waals surface area (Å²) in [6, 6.07) is 17.0.